The van der Waals surface area contributed by atoms with Gasteiger partial charge >= 0.3 is 5.97 Å². The number of amides is 2. The molecule has 0 radical (unpaired) electrons. The van der Waals surface area contributed by atoms with Crippen molar-refractivity contribution in [2.45, 2.75) is 26.8 Å². The number of benzene rings is 2. The lowest BCUT2D eigenvalue weighted by atomic mass is 10.2. The fraction of sp³-hybridized carbons (Fsp3) is 0.308. The number of thioether (sulfide) groups is 1. The van der Waals surface area contributed by atoms with Crippen LogP contribution in [0, 0.1) is 5.41 Å². The van der Waals surface area contributed by atoms with Gasteiger partial charge in [0.05, 0.1) is 11.9 Å². The monoisotopic (exact) mass is 560 g/mol. The summed E-state index contributed by atoms with van der Waals surface area (Å²) in [7, 11) is 5.01. The van der Waals surface area contributed by atoms with Crippen molar-refractivity contribution in [3.05, 3.63) is 59.7 Å². The van der Waals surface area contributed by atoms with Crippen LogP contribution < -0.4 is 21.1 Å². The van der Waals surface area contributed by atoms with Gasteiger partial charge in [0, 0.05) is 33.8 Å². The average Bonchev–Trinajstić information content (AvgIpc) is 2.92. The van der Waals surface area contributed by atoms with Crippen molar-refractivity contribution < 1.29 is 29.0 Å². The van der Waals surface area contributed by atoms with Crippen LogP contribution in [0.2, 0.25) is 0 Å². The fourth-order valence-corrected chi connectivity index (χ4v) is 3.34. The van der Waals surface area contributed by atoms with Gasteiger partial charge in [-0.05, 0) is 24.3 Å². The second-order valence-corrected chi connectivity index (χ2v) is 8.44. The highest BCUT2D eigenvalue weighted by Crippen LogP contribution is 2.26. The van der Waals surface area contributed by atoms with E-state index in [1.807, 2.05) is 27.9 Å². The van der Waals surface area contributed by atoms with E-state index in [1.54, 1.807) is 29.2 Å². The van der Waals surface area contributed by atoms with E-state index < -0.39 is 28.9 Å². The zero-order valence-electron chi connectivity index (χ0n) is 22.8. The van der Waals surface area contributed by atoms with E-state index in [1.165, 1.54) is 44.6 Å². The standard InChI is InChI=1S/C21H22N4O6S.C3H8N2.C2H6/c1-12(26)24-15(18(28)25-21(22)23-2)11-32-20(30)14-8-4-6-10-17(14)31-19(29)13-7-3-5-9-16(13)27;1-5(2)3-4;1-2/h3-10,15,27H,11H2,1-2H3,(H,24,26)(H3,22,23,25,28);3-4H,1-2H3;1-2H3. The van der Waals surface area contributed by atoms with Crippen LogP contribution in [0.5, 0.6) is 11.5 Å². The number of esters is 1. The molecule has 12 nitrogen and oxygen atoms in total. The number of ether oxygens (including phenoxy) is 1. The number of carbonyl (C=O) groups excluding carboxylic acids is 4. The molecule has 2 rings (SSSR count). The summed E-state index contributed by atoms with van der Waals surface area (Å²) in [6.45, 7) is 5.23. The molecule has 0 aliphatic carbocycles. The Balaban J connectivity index is 0.00000185. The smallest absolute Gasteiger partial charge is 0.347 e. The van der Waals surface area contributed by atoms with E-state index in [0.717, 1.165) is 11.8 Å². The van der Waals surface area contributed by atoms with Gasteiger partial charge in [-0.1, -0.05) is 49.9 Å². The predicted octanol–water partition coefficient (Wildman–Crippen LogP) is 2.23. The second-order valence-electron chi connectivity index (χ2n) is 7.45. The Kier molecular flexibility index (Phi) is 16.7. The number of aliphatic imine (C=N–C) groups is 1. The third-order valence-electron chi connectivity index (χ3n) is 4.26. The highest BCUT2D eigenvalue weighted by atomic mass is 32.2. The van der Waals surface area contributed by atoms with E-state index in [-0.39, 0.29) is 34.3 Å². The molecule has 0 aromatic heterocycles. The zero-order valence-corrected chi connectivity index (χ0v) is 23.7. The number of nitrogens with zero attached hydrogens (tertiary/aromatic N) is 2. The average molecular weight is 561 g/mol. The minimum absolute atomic E-state index is 0.0128. The summed E-state index contributed by atoms with van der Waals surface area (Å²) in [6.07, 6.45) is 1.25. The lowest BCUT2D eigenvalue weighted by molar-refractivity contribution is -0.126. The van der Waals surface area contributed by atoms with E-state index in [0.29, 0.717) is 0 Å². The van der Waals surface area contributed by atoms with Crippen LogP contribution in [0.15, 0.2) is 53.5 Å². The van der Waals surface area contributed by atoms with Gasteiger partial charge in [0.1, 0.15) is 23.1 Å². The molecule has 0 bridgehead atoms. The van der Waals surface area contributed by atoms with Crippen molar-refractivity contribution in [1.29, 1.82) is 5.41 Å². The Morgan fingerprint density at radius 3 is 2.15 bits per heavy atom. The molecule has 1 atom stereocenters. The first-order valence-electron chi connectivity index (χ1n) is 11.7. The SMILES string of the molecule is CC.CN(C)C=N.CN=C(N)NC(=O)C(CSC(=O)c1ccccc1OC(=O)c1ccccc1O)NC(C)=O. The molecule has 0 saturated heterocycles. The number of phenolic OH excluding ortho intramolecular Hbond substituents is 1. The molecular formula is C26H36N6O6S. The summed E-state index contributed by atoms with van der Waals surface area (Å²) < 4.78 is 5.31. The van der Waals surface area contributed by atoms with Gasteiger partial charge in [0.2, 0.25) is 16.9 Å². The number of hydrogen-bond donors (Lipinski definition) is 5. The number of nitrogens with one attached hydrogen (secondary N) is 3. The summed E-state index contributed by atoms with van der Waals surface area (Å²) in [4.78, 5) is 54.2. The first kappa shape index (κ1) is 34.6. The molecule has 0 fully saturated rings. The highest BCUT2D eigenvalue weighted by Gasteiger charge is 2.24. The third kappa shape index (κ3) is 13.1. The van der Waals surface area contributed by atoms with Gasteiger partial charge in [0.15, 0.2) is 5.96 Å². The minimum Gasteiger partial charge on any atom is -0.507 e. The Morgan fingerprint density at radius 2 is 1.64 bits per heavy atom. The number of hydrogen-bond acceptors (Lipinski definition) is 9. The molecule has 212 valence electrons. The number of phenols is 1. The summed E-state index contributed by atoms with van der Waals surface area (Å²) in [5, 5.41) is 20.5. The molecule has 2 amide bonds. The topological polar surface area (TPSA) is 187 Å². The molecule has 2 aromatic rings. The van der Waals surface area contributed by atoms with Crippen LogP contribution in [-0.4, -0.2) is 78.1 Å². The molecule has 1 unspecified atom stereocenters. The Labute approximate surface area is 232 Å². The summed E-state index contributed by atoms with van der Waals surface area (Å²) in [5.41, 5.74) is 5.51. The number of carbonyl (C=O) groups is 4. The summed E-state index contributed by atoms with van der Waals surface area (Å²) >= 11 is 0.747. The Morgan fingerprint density at radius 1 is 1.10 bits per heavy atom. The molecule has 0 spiro atoms. The minimum atomic E-state index is -1.06. The first-order chi connectivity index (χ1) is 18.5. The number of guanidine groups is 1. The van der Waals surface area contributed by atoms with Gasteiger partial charge in [-0.3, -0.25) is 30.1 Å². The number of rotatable bonds is 8. The predicted molar refractivity (Wildman–Crippen MR) is 153 cm³/mol. The molecule has 0 saturated carbocycles. The number of aromatic hydroxyl groups is 1. The summed E-state index contributed by atoms with van der Waals surface area (Å²) in [5.74, 6) is -2.45. The van der Waals surface area contributed by atoms with Gasteiger partial charge < -0.3 is 25.8 Å². The molecule has 39 heavy (non-hydrogen) atoms. The number of para-hydroxylation sites is 2. The normalized spacial score (nSPS) is 10.8. The largest absolute Gasteiger partial charge is 0.507 e. The van der Waals surface area contributed by atoms with Gasteiger partial charge in [-0.15, -0.1) is 0 Å². The zero-order chi connectivity index (χ0) is 30.0. The maximum atomic E-state index is 12.8. The van der Waals surface area contributed by atoms with Crippen LogP contribution in [-0.2, 0) is 9.59 Å². The van der Waals surface area contributed by atoms with Gasteiger partial charge in [-0.2, -0.15) is 0 Å². The Hall–Kier alpha value is -4.39. The van der Waals surface area contributed by atoms with Crippen molar-refractivity contribution in [2.24, 2.45) is 10.7 Å². The van der Waals surface area contributed by atoms with Gasteiger partial charge in [0.25, 0.3) is 0 Å². The van der Waals surface area contributed by atoms with E-state index in [9.17, 15) is 24.3 Å². The fourth-order valence-electron chi connectivity index (χ4n) is 2.46. The van der Waals surface area contributed by atoms with Crippen LogP contribution in [0.4, 0.5) is 0 Å². The maximum Gasteiger partial charge on any atom is 0.347 e. The molecule has 0 heterocycles. The van der Waals surface area contributed by atoms with Crippen molar-refractivity contribution in [3.8, 4) is 11.5 Å². The lowest BCUT2D eigenvalue weighted by Crippen LogP contribution is -2.51. The molecule has 0 aliphatic heterocycles. The maximum absolute atomic E-state index is 12.8. The molecule has 6 N–H and O–H groups in total. The van der Waals surface area contributed by atoms with Crippen molar-refractivity contribution in [2.75, 3.05) is 26.9 Å². The quantitative estimate of drug-likeness (QED) is 0.140. The Bertz CT molecular complexity index is 1160. The second kappa shape index (κ2) is 18.8. The molecule has 0 aliphatic rings. The third-order valence-corrected chi connectivity index (χ3v) is 5.24. The number of nitrogens with two attached hydrogens (primary N) is 1. The van der Waals surface area contributed by atoms with E-state index in [4.69, 9.17) is 15.9 Å². The highest BCUT2D eigenvalue weighted by molar-refractivity contribution is 8.14. The summed E-state index contributed by atoms with van der Waals surface area (Å²) in [6, 6.07) is 10.8. The van der Waals surface area contributed by atoms with Crippen LogP contribution in [0.3, 0.4) is 0 Å². The van der Waals surface area contributed by atoms with Crippen LogP contribution in [0.25, 0.3) is 0 Å². The van der Waals surface area contributed by atoms with E-state index in [2.05, 4.69) is 15.6 Å². The van der Waals surface area contributed by atoms with Crippen LogP contribution >= 0.6 is 11.8 Å². The van der Waals surface area contributed by atoms with Crippen molar-refractivity contribution >= 4 is 47.0 Å². The van der Waals surface area contributed by atoms with Crippen molar-refractivity contribution in [3.63, 3.8) is 0 Å². The molecule has 13 heteroatoms. The van der Waals surface area contributed by atoms with Crippen molar-refractivity contribution in [1.82, 2.24) is 15.5 Å². The van der Waals surface area contributed by atoms with Crippen LogP contribution in [0.1, 0.15) is 41.5 Å². The lowest BCUT2D eigenvalue weighted by Gasteiger charge is -2.17. The molecule has 2 aromatic carbocycles. The molecular weight excluding hydrogens is 524 g/mol. The van der Waals surface area contributed by atoms with E-state index >= 15 is 0 Å². The first-order valence-corrected chi connectivity index (χ1v) is 12.7. The van der Waals surface area contributed by atoms with Gasteiger partial charge in [-0.25, -0.2) is 4.79 Å².